The third-order valence-electron chi connectivity index (χ3n) is 3.78. The van der Waals surface area contributed by atoms with Crippen molar-refractivity contribution < 1.29 is 9.59 Å². The van der Waals surface area contributed by atoms with E-state index in [-0.39, 0.29) is 30.3 Å². The summed E-state index contributed by atoms with van der Waals surface area (Å²) in [7, 11) is 0. The molecule has 0 fully saturated rings. The molecule has 2 rings (SSSR count). The lowest BCUT2D eigenvalue weighted by atomic mass is 10.1. The Hall–Kier alpha value is -2.53. The van der Waals surface area contributed by atoms with Crippen LogP contribution in [-0.4, -0.2) is 17.9 Å². The van der Waals surface area contributed by atoms with Crippen molar-refractivity contribution in [3.05, 3.63) is 65.2 Å². The minimum Gasteiger partial charge on any atom is -0.399 e. The van der Waals surface area contributed by atoms with E-state index in [0.29, 0.717) is 23.4 Å². The van der Waals surface area contributed by atoms with Gasteiger partial charge in [-0.1, -0.05) is 25.1 Å². The van der Waals surface area contributed by atoms with Crippen LogP contribution in [0.3, 0.4) is 0 Å². The topological polar surface area (TPSA) is 84.2 Å². The highest BCUT2D eigenvalue weighted by Crippen LogP contribution is 2.09. The number of hydrogen-bond acceptors (Lipinski definition) is 3. The van der Waals surface area contributed by atoms with Crippen LogP contribution in [0.5, 0.6) is 0 Å². The molecule has 6 heteroatoms. The van der Waals surface area contributed by atoms with E-state index in [2.05, 4.69) is 10.6 Å². The largest absolute Gasteiger partial charge is 0.399 e. The summed E-state index contributed by atoms with van der Waals surface area (Å²) in [6.07, 6.45) is 0.877. The molecule has 0 radical (unpaired) electrons. The van der Waals surface area contributed by atoms with Gasteiger partial charge in [-0.25, -0.2) is 0 Å². The molecule has 0 bridgehead atoms. The monoisotopic (exact) mass is 361 g/mol. The molecule has 0 spiro atoms. The normalized spacial score (nSPS) is 11.1. The van der Waals surface area contributed by atoms with Crippen molar-refractivity contribution in [2.75, 3.05) is 5.73 Å². The maximum atomic E-state index is 12.2. The van der Waals surface area contributed by atoms with Crippen LogP contribution < -0.4 is 16.4 Å². The summed E-state index contributed by atoms with van der Waals surface area (Å²) in [4.78, 5) is 24.3. The van der Waals surface area contributed by atoms with Gasteiger partial charge in [-0.3, -0.25) is 9.59 Å². The molecule has 0 saturated heterocycles. The second-order valence-electron chi connectivity index (χ2n) is 5.79. The van der Waals surface area contributed by atoms with Crippen molar-refractivity contribution in [1.82, 2.24) is 10.6 Å². The Kier molecular flexibility index (Phi) is 7.95. The van der Waals surface area contributed by atoms with E-state index in [1.54, 1.807) is 36.4 Å². The molecule has 5 nitrogen and oxygen atoms in total. The average molecular weight is 362 g/mol. The average Bonchev–Trinajstić information content (AvgIpc) is 2.59. The summed E-state index contributed by atoms with van der Waals surface area (Å²) in [6.45, 7) is 4.33. The molecule has 0 aliphatic carbocycles. The summed E-state index contributed by atoms with van der Waals surface area (Å²) in [5, 5.41) is 5.76. The Balaban J connectivity index is 0.00000312. The lowest BCUT2D eigenvalue weighted by molar-refractivity contribution is 0.0936. The molecule has 2 amide bonds. The number of carbonyl (C=O) groups excluding carboxylic acids is 2. The molecule has 1 unspecified atom stereocenters. The third kappa shape index (κ3) is 6.12. The van der Waals surface area contributed by atoms with Gasteiger partial charge in [-0.15, -0.1) is 12.4 Å². The Morgan fingerprint density at radius 1 is 1.04 bits per heavy atom. The van der Waals surface area contributed by atoms with Crippen LogP contribution in [0.25, 0.3) is 0 Å². The molecule has 25 heavy (non-hydrogen) atoms. The van der Waals surface area contributed by atoms with Gasteiger partial charge >= 0.3 is 0 Å². The highest BCUT2D eigenvalue weighted by molar-refractivity contribution is 5.95. The van der Waals surface area contributed by atoms with Crippen LogP contribution >= 0.6 is 12.4 Å². The molecular formula is C19H24ClN3O2. The quantitative estimate of drug-likeness (QED) is 0.691. The van der Waals surface area contributed by atoms with Crippen LogP contribution in [0.4, 0.5) is 5.69 Å². The van der Waals surface area contributed by atoms with Gasteiger partial charge in [0, 0.05) is 29.4 Å². The van der Waals surface area contributed by atoms with Gasteiger partial charge in [-0.2, -0.15) is 0 Å². The summed E-state index contributed by atoms with van der Waals surface area (Å²) < 4.78 is 0. The number of amides is 2. The molecule has 0 aromatic heterocycles. The van der Waals surface area contributed by atoms with Crippen LogP contribution in [0.1, 0.15) is 46.5 Å². The fourth-order valence-electron chi connectivity index (χ4n) is 2.20. The molecule has 1 atom stereocenters. The van der Waals surface area contributed by atoms with E-state index in [1.807, 2.05) is 26.0 Å². The van der Waals surface area contributed by atoms with Crippen molar-refractivity contribution in [3.8, 4) is 0 Å². The Bertz CT molecular complexity index is 734. The first-order chi connectivity index (χ1) is 11.5. The van der Waals surface area contributed by atoms with Crippen LogP contribution in [0, 0.1) is 0 Å². The fraction of sp³-hybridized carbons (Fsp3) is 0.263. The maximum Gasteiger partial charge on any atom is 0.251 e. The number of halogens is 1. The van der Waals surface area contributed by atoms with E-state index >= 15 is 0 Å². The zero-order valence-electron chi connectivity index (χ0n) is 14.4. The first-order valence-corrected chi connectivity index (χ1v) is 8.03. The number of carbonyl (C=O) groups is 2. The molecule has 2 aromatic carbocycles. The number of benzene rings is 2. The molecule has 4 N–H and O–H groups in total. The molecule has 0 heterocycles. The molecule has 0 saturated carbocycles. The number of rotatable bonds is 6. The van der Waals surface area contributed by atoms with E-state index in [1.165, 1.54) is 0 Å². The van der Waals surface area contributed by atoms with Gasteiger partial charge in [-0.05, 0) is 49.2 Å². The van der Waals surface area contributed by atoms with Gasteiger partial charge in [0.1, 0.15) is 0 Å². The lowest BCUT2D eigenvalue weighted by Gasteiger charge is -2.12. The Morgan fingerprint density at radius 3 is 2.32 bits per heavy atom. The minimum absolute atomic E-state index is 0. The summed E-state index contributed by atoms with van der Waals surface area (Å²) in [5.41, 5.74) is 8.20. The Morgan fingerprint density at radius 2 is 1.68 bits per heavy atom. The number of nitrogens with two attached hydrogens (primary N) is 1. The second kappa shape index (κ2) is 9.69. The number of nitrogens with one attached hydrogen (secondary N) is 2. The van der Waals surface area contributed by atoms with E-state index in [9.17, 15) is 9.59 Å². The SMILES string of the molecule is CCC(C)NC(=O)c1cccc(CNC(=O)c2cccc(N)c2)c1.Cl. The van der Waals surface area contributed by atoms with Crippen LogP contribution in [0.2, 0.25) is 0 Å². The lowest BCUT2D eigenvalue weighted by Crippen LogP contribution is -2.32. The summed E-state index contributed by atoms with van der Waals surface area (Å²) in [6, 6.07) is 14.2. The molecule has 0 aliphatic rings. The van der Waals surface area contributed by atoms with E-state index in [0.717, 1.165) is 12.0 Å². The van der Waals surface area contributed by atoms with E-state index < -0.39 is 0 Å². The molecular weight excluding hydrogens is 338 g/mol. The zero-order valence-corrected chi connectivity index (χ0v) is 15.2. The van der Waals surface area contributed by atoms with Gasteiger partial charge in [0.2, 0.25) is 0 Å². The van der Waals surface area contributed by atoms with Crippen LogP contribution in [0.15, 0.2) is 48.5 Å². The van der Waals surface area contributed by atoms with Gasteiger partial charge in [0.25, 0.3) is 11.8 Å². The summed E-state index contributed by atoms with van der Waals surface area (Å²) >= 11 is 0. The second-order valence-corrected chi connectivity index (χ2v) is 5.79. The number of hydrogen-bond donors (Lipinski definition) is 3. The van der Waals surface area contributed by atoms with Crippen molar-refractivity contribution in [1.29, 1.82) is 0 Å². The Labute approximate surface area is 154 Å². The predicted octanol–water partition coefficient (Wildman–Crippen LogP) is 3.15. The smallest absolute Gasteiger partial charge is 0.251 e. The fourth-order valence-corrected chi connectivity index (χ4v) is 2.20. The predicted molar refractivity (Wildman–Crippen MR) is 103 cm³/mol. The molecule has 0 aliphatic heterocycles. The molecule has 2 aromatic rings. The first-order valence-electron chi connectivity index (χ1n) is 8.03. The molecule has 134 valence electrons. The van der Waals surface area contributed by atoms with Gasteiger partial charge in [0.05, 0.1) is 0 Å². The first kappa shape index (κ1) is 20.5. The van der Waals surface area contributed by atoms with Crippen LogP contribution in [-0.2, 0) is 6.54 Å². The highest BCUT2D eigenvalue weighted by atomic mass is 35.5. The van der Waals surface area contributed by atoms with Crippen molar-refractivity contribution in [2.24, 2.45) is 0 Å². The summed E-state index contributed by atoms with van der Waals surface area (Å²) in [5.74, 6) is -0.301. The third-order valence-corrected chi connectivity index (χ3v) is 3.78. The number of nitrogen functional groups attached to an aromatic ring is 1. The van der Waals surface area contributed by atoms with Crippen molar-refractivity contribution in [2.45, 2.75) is 32.9 Å². The van der Waals surface area contributed by atoms with Crippen molar-refractivity contribution >= 4 is 29.9 Å². The minimum atomic E-state index is -0.197. The standard InChI is InChI=1S/C19H23N3O2.ClH/c1-3-13(2)22-19(24)15-7-4-6-14(10-15)12-21-18(23)16-8-5-9-17(20)11-16;/h4-11,13H,3,12,20H2,1-2H3,(H,21,23)(H,22,24);1H. The van der Waals surface area contributed by atoms with Gasteiger partial charge in [0.15, 0.2) is 0 Å². The zero-order chi connectivity index (χ0) is 17.5. The highest BCUT2D eigenvalue weighted by Gasteiger charge is 2.10. The van der Waals surface area contributed by atoms with E-state index in [4.69, 9.17) is 5.73 Å². The van der Waals surface area contributed by atoms with Crippen molar-refractivity contribution in [3.63, 3.8) is 0 Å². The maximum absolute atomic E-state index is 12.2. The van der Waals surface area contributed by atoms with Gasteiger partial charge < -0.3 is 16.4 Å². The number of anilines is 1.